The molecule has 0 aliphatic carbocycles. The van der Waals surface area contributed by atoms with Gasteiger partial charge in [0.05, 0.1) is 24.1 Å². The number of aromatic amines is 1. The van der Waals surface area contributed by atoms with E-state index in [0.717, 1.165) is 0 Å². The molecule has 0 radical (unpaired) electrons. The number of carbonyl (C=O) groups excluding carboxylic acids is 2. The van der Waals surface area contributed by atoms with Gasteiger partial charge in [0, 0.05) is 11.3 Å². The molecule has 0 aliphatic heterocycles. The van der Waals surface area contributed by atoms with E-state index < -0.39 is 23.5 Å². The Labute approximate surface area is 182 Å². The molecule has 0 aliphatic rings. The quantitative estimate of drug-likeness (QED) is 0.260. The van der Waals surface area contributed by atoms with E-state index in [0.29, 0.717) is 11.4 Å². The molecule has 3 rings (SSSR count). The van der Waals surface area contributed by atoms with E-state index in [1.165, 1.54) is 26.2 Å². The average Bonchev–Trinajstić information content (AvgIpc) is 2.75. The van der Waals surface area contributed by atoms with E-state index in [2.05, 4.69) is 30.6 Å². The lowest BCUT2D eigenvalue weighted by molar-refractivity contribution is -0.139. The van der Waals surface area contributed by atoms with Crippen LogP contribution in [-0.2, 0) is 16.1 Å². The Balaban J connectivity index is 1.62. The van der Waals surface area contributed by atoms with E-state index >= 15 is 0 Å². The van der Waals surface area contributed by atoms with Gasteiger partial charge in [0.25, 0.3) is 11.5 Å². The minimum absolute atomic E-state index is 0.0216. The van der Waals surface area contributed by atoms with Gasteiger partial charge in [-0.25, -0.2) is 14.8 Å². The monoisotopic (exact) mass is 437 g/mol. The fourth-order valence-corrected chi connectivity index (χ4v) is 2.83. The lowest BCUT2D eigenvalue weighted by Crippen LogP contribution is -2.41. The highest BCUT2D eigenvalue weighted by atomic mass is 16.4. The number of nitrogens with zero attached hydrogens (tertiary/aromatic N) is 3. The van der Waals surface area contributed by atoms with Crippen LogP contribution in [0.15, 0.2) is 35.3 Å². The van der Waals surface area contributed by atoms with Gasteiger partial charge in [-0.05, 0) is 37.1 Å². The molecule has 13 heteroatoms. The van der Waals surface area contributed by atoms with Crippen molar-refractivity contribution in [1.82, 2.24) is 25.3 Å². The predicted octanol–water partition coefficient (Wildman–Crippen LogP) is -0.970. The molecule has 1 atom stereocenters. The topological polar surface area (TPSA) is 193 Å². The van der Waals surface area contributed by atoms with Crippen molar-refractivity contribution in [2.24, 2.45) is 0 Å². The highest BCUT2D eigenvalue weighted by Crippen LogP contribution is 2.12. The zero-order valence-corrected chi connectivity index (χ0v) is 17.1. The van der Waals surface area contributed by atoms with Crippen molar-refractivity contribution in [2.75, 3.05) is 11.1 Å². The van der Waals surface area contributed by atoms with Crippen LogP contribution in [0.3, 0.4) is 0 Å². The first-order valence-corrected chi connectivity index (χ1v) is 9.61. The van der Waals surface area contributed by atoms with Crippen LogP contribution in [0, 0.1) is 0 Å². The summed E-state index contributed by atoms with van der Waals surface area (Å²) in [5.74, 6) is -1.80. The molecule has 0 fully saturated rings. The molecule has 1 aromatic carbocycles. The number of fused-ring (bicyclic) bond motifs is 1. The maximum absolute atomic E-state index is 12.3. The molecule has 32 heavy (non-hydrogen) atoms. The third kappa shape index (κ3) is 5.65. The number of carbonyl (C=O) groups is 3. The number of nitrogens with one attached hydrogen (secondary N) is 3. The number of rotatable bonds is 9. The SMILES string of the molecule is BC(=O)CCC(NC(=O)c1ccc(NCc2cnc3nc(N)[nH]c(=O)c3n2)cc1)C(=O)O. The summed E-state index contributed by atoms with van der Waals surface area (Å²) in [5.41, 5.74) is 6.49. The largest absolute Gasteiger partial charge is 0.480 e. The minimum atomic E-state index is -1.20. The third-order valence-electron chi connectivity index (χ3n) is 4.50. The van der Waals surface area contributed by atoms with Crippen molar-refractivity contribution in [2.45, 2.75) is 25.4 Å². The zero-order chi connectivity index (χ0) is 23.3. The van der Waals surface area contributed by atoms with Crippen LogP contribution in [0.5, 0.6) is 0 Å². The van der Waals surface area contributed by atoms with E-state index in [4.69, 9.17) is 5.73 Å². The second-order valence-corrected chi connectivity index (χ2v) is 7.02. The number of aliphatic carboxylic acids is 1. The number of nitrogen functional groups attached to an aromatic ring is 1. The number of H-pyrrole nitrogens is 1. The van der Waals surface area contributed by atoms with Crippen molar-refractivity contribution in [3.8, 4) is 0 Å². The smallest absolute Gasteiger partial charge is 0.326 e. The van der Waals surface area contributed by atoms with Crippen LogP contribution < -0.4 is 21.9 Å². The second kappa shape index (κ2) is 9.68. The summed E-state index contributed by atoms with van der Waals surface area (Å²) < 4.78 is 0. The summed E-state index contributed by atoms with van der Waals surface area (Å²) in [6, 6.07) is 5.20. The summed E-state index contributed by atoms with van der Waals surface area (Å²) >= 11 is 0. The first-order chi connectivity index (χ1) is 15.2. The number of hydrogen-bond donors (Lipinski definition) is 5. The van der Waals surface area contributed by atoms with Crippen LogP contribution in [0.1, 0.15) is 28.9 Å². The standard InChI is InChI=1S/C19H20BN7O5/c20-13(28)6-5-12(18(31)32)25-16(29)9-1-3-10(4-2-9)22-7-11-8-23-15-14(24-11)17(30)27-19(21)26-15/h1-4,8,12,22H,5-7,20H2,(H,25,29)(H,31,32)(H3,21,23,26,27,30). The summed E-state index contributed by atoms with van der Waals surface area (Å²) in [6.07, 6.45) is 1.55. The van der Waals surface area contributed by atoms with Crippen molar-refractivity contribution >= 4 is 48.2 Å². The summed E-state index contributed by atoms with van der Waals surface area (Å²) in [4.78, 5) is 61.2. The maximum atomic E-state index is 12.3. The Hall–Kier alpha value is -4.29. The Morgan fingerprint density at radius 2 is 1.91 bits per heavy atom. The molecular formula is C19H20BN7O5. The molecule has 6 N–H and O–H groups in total. The van der Waals surface area contributed by atoms with Crippen molar-refractivity contribution < 1.29 is 19.5 Å². The molecule has 1 amide bonds. The van der Waals surface area contributed by atoms with E-state index in [9.17, 15) is 24.3 Å². The molecule has 3 aromatic rings. The van der Waals surface area contributed by atoms with Crippen LogP contribution >= 0.6 is 0 Å². The fourth-order valence-electron chi connectivity index (χ4n) is 2.83. The third-order valence-corrected chi connectivity index (χ3v) is 4.50. The Kier molecular flexibility index (Phi) is 6.78. The van der Waals surface area contributed by atoms with Crippen LogP contribution in [0.2, 0.25) is 0 Å². The van der Waals surface area contributed by atoms with Crippen molar-refractivity contribution in [3.63, 3.8) is 0 Å². The zero-order valence-electron chi connectivity index (χ0n) is 17.1. The van der Waals surface area contributed by atoms with Gasteiger partial charge >= 0.3 is 5.97 Å². The van der Waals surface area contributed by atoms with Crippen molar-refractivity contribution in [3.05, 3.63) is 52.1 Å². The molecule has 1 unspecified atom stereocenters. The second-order valence-electron chi connectivity index (χ2n) is 7.02. The summed E-state index contributed by atoms with van der Waals surface area (Å²) in [5, 5.41) is 14.7. The van der Waals surface area contributed by atoms with Gasteiger partial charge in [-0.3, -0.25) is 14.6 Å². The Morgan fingerprint density at radius 3 is 2.56 bits per heavy atom. The summed E-state index contributed by atoms with van der Waals surface area (Å²) in [7, 11) is 1.36. The normalized spacial score (nSPS) is 11.6. The molecular weight excluding hydrogens is 417 g/mol. The van der Waals surface area contributed by atoms with Crippen LogP contribution in [0.25, 0.3) is 11.2 Å². The van der Waals surface area contributed by atoms with E-state index in [-0.39, 0.29) is 47.7 Å². The number of aromatic nitrogens is 4. The minimum Gasteiger partial charge on any atom is -0.480 e. The fraction of sp³-hybridized carbons (Fsp3) is 0.211. The lowest BCUT2D eigenvalue weighted by atomic mass is 9.95. The van der Waals surface area contributed by atoms with Crippen LogP contribution in [0.4, 0.5) is 11.6 Å². The number of hydrogen-bond acceptors (Lipinski definition) is 9. The molecule has 0 bridgehead atoms. The number of benzene rings is 1. The summed E-state index contributed by atoms with van der Waals surface area (Å²) in [6.45, 7) is 0.254. The van der Waals surface area contributed by atoms with Gasteiger partial charge in [0.2, 0.25) is 5.95 Å². The molecule has 0 spiro atoms. The molecule has 0 saturated carbocycles. The number of anilines is 2. The number of amides is 1. The average molecular weight is 437 g/mol. The molecule has 164 valence electrons. The molecule has 2 heterocycles. The first-order valence-electron chi connectivity index (χ1n) is 9.61. The molecule has 0 saturated heterocycles. The van der Waals surface area contributed by atoms with Gasteiger partial charge in [-0.1, -0.05) is 0 Å². The molecule has 2 aromatic heterocycles. The van der Waals surface area contributed by atoms with E-state index in [1.54, 1.807) is 12.1 Å². The Morgan fingerprint density at radius 1 is 1.19 bits per heavy atom. The number of carboxylic acids is 1. The van der Waals surface area contributed by atoms with Crippen molar-refractivity contribution in [1.29, 1.82) is 0 Å². The van der Waals surface area contributed by atoms with Gasteiger partial charge in [0.15, 0.2) is 19.0 Å². The number of nitrogens with two attached hydrogens (primary N) is 1. The van der Waals surface area contributed by atoms with Gasteiger partial charge in [-0.15, -0.1) is 0 Å². The van der Waals surface area contributed by atoms with E-state index in [1.807, 2.05) is 0 Å². The number of carboxylic acid groups (broad SMARTS) is 1. The highest BCUT2D eigenvalue weighted by molar-refractivity contribution is 6.57. The first kappa shape index (κ1) is 22.4. The lowest BCUT2D eigenvalue weighted by Gasteiger charge is -2.14. The van der Waals surface area contributed by atoms with Gasteiger partial charge in [0.1, 0.15) is 6.04 Å². The van der Waals surface area contributed by atoms with Gasteiger partial charge < -0.3 is 26.3 Å². The highest BCUT2D eigenvalue weighted by Gasteiger charge is 2.21. The van der Waals surface area contributed by atoms with Gasteiger partial charge in [-0.2, -0.15) is 4.98 Å². The molecule has 12 nitrogen and oxygen atoms in total. The predicted molar refractivity (Wildman–Crippen MR) is 118 cm³/mol. The maximum Gasteiger partial charge on any atom is 0.326 e. The van der Waals surface area contributed by atoms with Crippen LogP contribution in [-0.4, -0.2) is 56.5 Å². The Bertz CT molecular complexity index is 1230.